The Hall–Kier alpha value is -3.04. The molecule has 2 aromatic rings. The van der Waals surface area contributed by atoms with E-state index in [0.29, 0.717) is 56.2 Å². The highest BCUT2D eigenvalue weighted by atomic mass is 19.1. The van der Waals surface area contributed by atoms with Crippen LogP contribution in [-0.4, -0.2) is 70.8 Å². The Morgan fingerprint density at radius 2 is 1.97 bits per heavy atom. The lowest BCUT2D eigenvalue weighted by atomic mass is 9.82. The number of halogens is 1. The van der Waals surface area contributed by atoms with Crippen molar-refractivity contribution in [3.8, 4) is 0 Å². The maximum atomic E-state index is 14.6. The summed E-state index contributed by atoms with van der Waals surface area (Å²) in [5.41, 5.74) is 2.74. The van der Waals surface area contributed by atoms with Gasteiger partial charge in [-0.3, -0.25) is 14.8 Å². The molecule has 1 amide bonds. The number of carbonyl (C=O) groups excluding carboxylic acids is 2. The molecule has 0 spiro atoms. The summed E-state index contributed by atoms with van der Waals surface area (Å²) < 4.78 is 25.5. The van der Waals surface area contributed by atoms with Gasteiger partial charge in [0.05, 0.1) is 30.7 Å². The van der Waals surface area contributed by atoms with E-state index in [-0.39, 0.29) is 23.4 Å². The van der Waals surface area contributed by atoms with Crippen LogP contribution in [0.3, 0.4) is 0 Å². The second-order valence-corrected chi connectivity index (χ2v) is 10.1. The van der Waals surface area contributed by atoms with Crippen molar-refractivity contribution in [2.24, 2.45) is 0 Å². The van der Waals surface area contributed by atoms with Crippen molar-refractivity contribution in [3.05, 3.63) is 58.3 Å². The quantitative estimate of drug-likeness (QED) is 0.655. The van der Waals surface area contributed by atoms with E-state index < -0.39 is 11.4 Å². The number of amides is 1. The summed E-state index contributed by atoms with van der Waals surface area (Å²) >= 11 is 0. The third-order valence-corrected chi connectivity index (χ3v) is 6.36. The van der Waals surface area contributed by atoms with Crippen LogP contribution < -0.4 is 0 Å². The van der Waals surface area contributed by atoms with Gasteiger partial charge in [-0.15, -0.1) is 0 Å². The summed E-state index contributed by atoms with van der Waals surface area (Å²) in [5, 5.41) is 7.28. The number of esters is 1. The summed E-state index contributed by atoms with van der Waals surface area (Å²) in [5.74, 6) is -1.20. The zero-order valence-electron chi connectivity index (χ0n) is 21.0. The molecule has 2 aliphatic rings. The van der Waals surface area contributed by atoms with Crippen LogP contribution in [-0.2, 0) is 26.2 Å². The average Bonchev–Trinajstić information content (AvgIpc) is 3.14. The Morgan fingerprint density at radius 1 is 1.26 bits per heavy atom. The zero-order chi connectivity index (χ0) is 25.3. The summed E-state index contributed by atoms with van der Waals surface area (Å²) in [6.07, 6.45) is 1.21. The second-order valence-electron chi connectivity index (χ2n) is 10.1. The molecule has 2 aliphatic heterocycles. The SMILES string of the molecule is Cc1n[nH]c2c1C(C)(C)CN(C(=O)c1ccc(F)c(CN3CCOCC3)c1)C=C2C(=O)OC(C)C. The summed E-state index contributed by atoms with van der Waals surface area (Å²) in [4.78, 5) is 30.3. The fourth-order valence-electron chi connectivity index (χ4n) is 4.78. The number of fused-ring (bicyclic) bond motifs is 1. The molecule has 0 saturated carbocycles. The van der Waals surface area contributed by atoms with Crippen molar-refractivity contribution < 1.29 is 23.5 Å². The molecule has 8 nitrogen and oxygen atoms in total. The van der Waals surface area contributed by atoms with Crippen molar-refractivity contribution in [2.75, 3.05) is 32.8 Å². The summed E-state index contributed by atoms with van der Waals surface area (Å²) in [7, 11) is 0. The molecule has 1 N–H and O–H groups in total. The monoisotopic (exact) mass is 484 g/mol. The van der Waals surface area contributed by atoms with Gasteiger partial charge >= 0.3 is 5.97 Å². The number of hydrogen-bond acceptors (Lipinski definition) is 6. The standard InChI is InChI=1S/C26H33FN4O4/c1-16(2)35-25(33)20-14-31(15-26(4,5)22-17(3)28-29-23(20)22)24(32)18-6-7-21(27)19(12-18)13-30-8-10-34-11-9-30/h6-7,12,14,16H,8-11,13,15H2,1-5H3,(H,28,29). The van der Waals surface area contributed by atoms with Crippen molar-refractivity contribution in [1.82, 2.24) is 20.0 Å². The van der Waals surface area contributed by atoms with Crippen LogP contribution >= 0.6 is 0 Å². The maximum Gasteiger partial charge on any atom is 0.342 e. The number of nitrogens with one attached hydrogen (secondary N) is 1. The van der Waals surface area contributed by atoms with Crippen molar-refractivity contribution in [1.29, 1.82) is 0 Å². The first-order valence-electron chi connectivity index (χ1n) is 11.9. The third kappa shape index (κ3) is 5.31. The molecule has 188 valence electrons. The summed E-state index contributed by atoms with van der Waals surface area (Å²) in [6, 6.07) is 4.43. The molecule has 4 rings (SSSR count). The van der Waals surface area contributed by atoms with Crippen LogP contribution in [0.2, 0.25) is 0 Å². The first-order chi connectivity index (χ1) is 16.6. The Bertz CT molecular complexity index is 1150. The maximum absolute atomic E-state index is 14.6. The van der Waals surface area contributed by atoms with E-state index >= 15 is 0 Å². The number of rotatable bonds is 5. The van der Waals surface area contributed by atoms with E-state index in [0.717, 1.165) is 11.3 Å². The van der Waals surface area contributed by atoms with Crippen LogP contribution in [0.4, 0.5) is 4.39 Å². The molecule has 9 heteroatoms. The van der Waals surface area contributed by atoms with Gasteiger partial charge < -0.3 is 14.4 Å². The fourth-order valence-corrected chi connectivity index (χ4v) is 4.78. The predicted octanol–water partition coefficient (Wildman–Crippen LogP) is 3.42. The highest BCUT2D eigenvalue weighted by molar-refractivity contribution is 6.17. The highest BCUT2D eigenvalue weighted by Gasteiger charge is 2.38. The number of hydrogen-bond donors (Lipinski definition) is 1. The minimum absolute atomic E-state index is 0.240. The first-order valence-corrected chi connectivity index (χ1v) is 11.9. The van der Waals surface area contributed by atoms with Crippen molar-refractivity contribution >= 4 is 17.4 Å². The molecule has 0 atom stereocenters. The van der Waals surface area contributed by atoms with E-state index in [1.54, 1.807) is 19.9 Å². The van der Waals surface area contributed by atoms with Crippen LogP contribution in [0, 0.1) is 12.7 Å². The van der Waals surface area contributed by atoms with Gasteiger partial charge in [0.2, 0.25) is 0 Å². The highest BCUT2D eigenvalue weighted by Crippen LogP contribution is 2.37. The molecule has 0 unspecified atom stereocenters. The number of morpholine rings is 1. The normalized spacial score (nSPS) is 18.1. The van der Waals surface area contributed by atoms with Crippen molar-refractivity contribution in [3.63, 3.8) is 0 Å². The number of nitrogens with zero attached hydrogens (tertiary/aromatic N) is 3. The molecular weight excluding hydrogens is 451 g/mol. The predicted molar refractivity (Wildman–Crippen MR) is 129 cm³/mol. The van der Waals surface area contributed by atoms with E-state index in [1.807, 2.05) is 20.8 Å². The Labute approximate surface area is 205 Å². The molecular formula is C26H33FN4O4. The van der Waals surface area contributed by atoms with Gasteiger partial charge in [-0.2, -0.15) is 5.10 Å². The van der Waals surface area contributed by atoms with E-state index in [4.69, 9.17) is 9.47 Å². The Kier molecular flexibility index (Phi) is 7.10. The molecule has 0 bridgehead atoms. The van der Waals surface area contributed by atoms with Gasteiger partial charge in [-0.25, -0.2) is 9.18 Å². The van der Waals surface area contributed by atoms with Crippen LogP contribution in [0.1, 0.15) is 60.6 Å². The second kappa shape index (κ2) is 9.91. The minimum Gasteiger partial charge on any atom is -0.459 e. The van der Waals surface area contributed by atoms with Gasteiger partial charge in [-0.1, -0.05) is 13.8 Å². The van der Waals surface area contributed by atoms with E-state index in [1.165, 1.54) is 23.2 Å². The fraction of sp³-hybridized carbons (Fsp3) is 0.500. The van der Waals surface area contributed by atoms with Gasteiger partial charge in [0, 0.05) is 54.5 Å². The topological polar surface area (TPSA) is 87.8 Å². The van der Waals surface area contributed by atoms with Crippen molar-refractivity contribution in [2.45, 2.75) is 52.7 Å². The third-order valence-electron chi connectivity index (χ3n) is 6.36. The summed E-state index contributed by atoms with van der Waals surface area (Å²) in [6.45, 7) is 12.8. The lowest BCUT2D eigenvalue weighted by Gasteiger charge is -2.30. The number of H-pyrrole nitrogens is 1. The molecule has 1 aromatic heterocycles. The van der Waals surface area contributed by atoms with Gasteiger partial charge in [0.15, 0.2) is 0 Å². The number of aromatic amines is 1. The number of carbonyl (C=O) groups is 2. The largest absolute Gasteiger partial charge is 0.459 e. The molecule has 1 saturated heterocycles. The zero-order valence-corrected chi connectivity index (χ0v) is 21.0. The Balaban J connectivity index is 1.69. The van der Waals surface area contributed by atoms with Gasteiger partial charge in [0.1, 0.15) is 11.4 Å². The Morgan fingerprint density at radius 3 is 2.66 bits per heavy atom. The van der Waals surface area contributed by atoms with E-state index in [9.17, 15) is 14.0 Å². The first kappa shape index (κ1) is 25.1. The minimum atomic E-state index is -0.535. The average molecular weight is 485 g/mol. The number of benzene rings is 1. The van der Waals surface area contributed by atoms with Gasteiger partial charge in [-0.05, 0) is 39.0 Å². The number of aromatic nitrogens is 2. The van der Waals surface area contributed by atoms with E-state index in [2.05, 4.69) is 15.1 Å². The molecule has 35 heavy (non-hydrogen) atoms. The molecule has 1 aromatic carbocycles. The lowest BCUT2D eigenvalue weighted by molar-refractivity contribution is -0.140. The molecule has 0 aliphatic carbocycles. The number of aryl methyl sites for hydroxylation is 1. The smallest absolute Gasteiger partial charge is 0.342 e. The molecule has 3 heterocycles. The lowest BCUT2D eigenvalue weighted by Crippen LogP contribution is -2.37. The number of ether oxygens (including phenoxy) is 2. The van der Waals surface area contributed by atoms with Crippen LogP contribution in [0.25, 0.3) is 5.57 Å². The van der Waals surface area contributed by atoms with Crippen LogP contribution in [0.15, 0.2) is 24.4 Å². The van der Waals surface area contributed by atoms with Crippen LogP contribution in [0.5, 0.6) is 0 Å². The molecule has 0 radical (unpaired) electrons. The molecule has 1 fully saturated rings. The van der Waals surface area contributed by atoms with Gasteiger partial charge in [0.25, 0.3) is 5.91 Å².